The molecule has 0 aliphatic heterocycles. The van der Waals surface area contributed by atoms with Crippen LogP contribution in [-0.4, -0.2) is 33.3 Å². The van der Waals surface area contributed by atoms with Gasteiger partial charge in [0.2, 0.25) is 12.0 Å². The summed E-state index contributed by atoms with van der Waals surface area (Å²) >= 11 is 7.39. The van der Waals surface area contributed by atoms with E-state index < -0.39 is 24.3 Å². The summed E-state index contributed by atoms with van der Waals surface area (Å²) in [5, 5.41) is 11.2. The number of nitrogens with zero attached hydrogens (tertiary/aromatic N) is 2. The van der Waals surface area contributed by atoms with E-state index in [1.165, 1.54) is 35.9 Å². The van der Waals surface area contributed by atoms with Crippen LogP contribution < -0.4 is 10.5 Å². The van der Waals surface area contributed by atoms with Gasteiger partial charge in [-0.3, -0.25) is 4.79 Å². The van der Waals surface area contributed by atoms with Gasteiger partial charge in [-0.1, -0.05) is 54.1 Å². The number of carboxylic acid groups (broad SMARTS) is 1. The largest absolute Gasteiger partial charge is 0.480 e. The van der Waals surface area contributed by atoms with Crippen molar-refractivity contribution in [3.8, 4) is 17.0 Å². The molecule has 0 saturated heterocycles. The molecule has 4 aromatic rings. The summed E-state index contributed by atoms with van der Waals surface area (Å²) in [7, 11) is 0. The molecule has 3 N–H and O–H groups in total. The lowest BCUT2D eigenvalue weighted by Crippen LogP contribution is -2.32. The zero-order valence-electron chi connectivity index (χ0n) is 21.1. The number of rotatable bonds is 8. The number of aliphatic carboxylic acids is 1. The average Bonchev–Trinajstić information content (AvgIpc) is 3.37. The van der Waals surface area contributed by atoms with Crippen molar-refractivity contribution < 1.29 is 27.8 Å². The maximum atomic E-state index is 14.5. The van der Waals surface area contributed by atoms with Crippen LogP contribution in [-0.2, 0) is 4.79 Å². The molecule has 0 bridgehead atoms. The number of carbonyl (C=O) groups is 1. The van der Waals surface area contributed by atoms with Crippen LogP contribution in [0, 0.1) is 5.92 Å². The third-order valence-corrected chi connectivity index (χ3v) is 8.19. The first-order valence-electron chi connectivity index (χ1n) is 12.6. The van der Waals surface area contributed by atoms with E-state index in [4.69, 9.17) is 27.2 Å². The van der Waals surface area contributed by atoms with Gasteiger partial charge in [-0.25, -0.2) is 9.97 Å². The third kappa shape index (κ3) is 5.99. The molecule has 0 spiro atoms. The monoisotopic (exact) mass is 587 g/mol. The van der Waals surface area contributed by atoms with Crippen molar-refractivity contribution in [3.05, 3.63) is 82.5 Å². The number of alkyl halides is 3. The summed E-state index contributed by atoms with van der Waals surface area (Å²) in [5.41, 5.74) is 8.85. The normalized spacial score (nSPS) is 17.3. The van der Waals surface area contributed by atoms with Crippen molar-refractivity contribution in [3.63, 3.8) is 0 Å². The Hall–Kier alpha value is -3.47. The van der Waals surface area contributed by atoms with Gasteiger partial charge in [0.05, 0.1) is 5.52 Å². The molecule has 2 heterocycles. The van der Waals surface area contributed by atoms with Crippen LogP contribution in [0.3, 0.4) is 0 Å². The maximum Gasteiger partial charge on any atom is 0.429 e. The van der Waals surface area contributed by atoms with Gasteiger partial charge in [-0.2, -0.15) is 13.2 Å². The van der Waals surface area contributed by atoms with Gasteiger partial charge >= 0.3 is 12.1 Å². The molecule has 0 saturated carbocycles. The van der Waals surface area contributed by atoms with Gasteiger partial charge in [0.15, 0.2) is 0 Å². The average molecular weight is 588 g/mol. The highest BCUT2D eigenvalue weighted by molar-refractivity contribution is 7.17. The summed E-state index contributed by atoms with van der Waals surface area (Å²) in [5.74, 6) is -1.02. The van der Waals surface area contributed by atoms with Gasteiger partial charge in [-0.15, -0.1) is 11.3 Å². The summed E-state index contributed by atoms with van der Waals surface area (Å²) in [4.78, 5) is 19.6. The first kappa shape index (κ1) is 28.1. The highest BCUT2D eigenvalue weighted by Crippen LogP contribution is 2.44. The van der Waals surface area contributed by atoms with Gasteiger partial charge in [-0.05, 0) is 60.4 Å². The van der Waals surface area contributed by atoms with E-state index in [1.807, 2.05) is 11.5 Å². The van der Waals surface area contributed by atoms with Crippen molar-refractivity contribution >= 4 is 44.7 Å². The molecular formula is C29H25ClF3N3O3S. The minimum atomic E-state index is -4.74. The van der Waals surface area contributed by atoms with Gasteiger partial charge in [0.1, 0.15) is 17.1 Å². The number of benzene rings is 2. The van der Waals surface area contributed by atoms with Crippen LogP contribution in [0.5, 0.6) is 5.88 Å². The fourth-order valence-corrected chi connectivity index (χ4v) is 6.14. The van der Waals surface area contributed by atoms with Crippen molar-refractivity contribution in [2.75, 3.05) is 0 Å². The van der Waals surface area contributed by atoms with E-state index in [1.54, 1.807) is 30.3 Å². The van der Waals surface area contributed by atoms with Crippen molar-refractivity contribution in [2.45, 2.75) is 44.0 Å². The van der Waals surface area contributed by atoms with Crippen LogP contribution >= 0.6 is 22.9 Å². The zero-order valence-corrected chi connectivity index (χ0v) is 22.6. The molecule has 6 nitrogen and oxygen atoms in total. The lowest BCUT2D eigenvalue weighted by atomic mass is 9.83. The number of halogens is 4. The van der Waals surface area contributed by atoms with Crippen LogP contribution in [0.2, 0.25) is 5.02 Å². The molecule has 40 heavy (non-hydrogen) atoms. The van der Waals surface area contributed by atoms with Crippen LogP contribution in [0.25, 0.3) is 26.9 Å². The quantitative estimate of drug-likeness (QED) is 0.219. The van der Waals surface area contributed by atoms with Gasteiger partial charge in [0, 0.05) is 21.5 Å². The number of carboxylic acids is 1. The summed E-state index contributed by atoms with van der Waals surface area (Å²) in [6.07, 6.45) is -1.31. The number of hydrogen-bond donors (Lipinski definition) is 2. The number of aromatic nitrogens is 2. The molecule has 5 rings (SSSR count). The second-order valence-corrected chi connectivity index (χ2v) is 11.0. The zero-order chi connectivity index (χ0) is 28.4. The molecular weight excluding hydrogens is 563 g/mol. The lowest BCUT2D eigenvalue weighted by Gasteiger charge is -2.24. The Morgan fingerprint density at radius 1 is 1.18 bits per heavy atom. The Labute approximate surface area is 237 Å². The maximum absolute atomic E-state index is 14.5. The standard InChI is InChI=1S/C29H25ClF3N3O3S/c30-19-10-11-20(21(13-19)17-4-2-1-3-5-17)26(29(31,32)33)39-27-25-24(35-15-36-27)22(14-40-25)18-8-6-16(7-9-18)12-23(34)28(37)38/h1-5,8,10-11,13-16,23,26H,6-7,9,12,34H2,(H,37,38). The summed E-state index contributed by atoms with van der Waals surface area (Å²) < 4.78 is 49.6. The van der Waals surface area contributed by atoms with Crippen LogP contribution in [0.1, 0.15) is 42.9 Å². The SMILES string of the molecule is NC(CC1CC=C(c2csc3c(OC(c4ccc(Cl)cc4-c4ccccc4)C(F)(F)F)ncnc23)CC1)C(=O)O. The van der Waals surface area contributed by atoms with Crippen LogP contribution in [0.4, 0.5) is 13.2 Å². The molecule has 0 fully saturated rings. The molecule has 2 aromatic heterocycles. The smallest absolute Gasteiger partial charge is 0.429 e. The van der Waals surface area contributed by atoms with Gasteiger partial charge < -0.3 is 15.6 Å². The molecule has 11 heteroatoms. The molecule has 0 radical (unpaired) electrons. The van der Waals surface area contributed by atoms with E-state index >= 15 is 0 Å². The third-order valence-electron chi connectivity index (χ3n) is 7.00. The van der Waals surface area contributed by atoms with E-state index in [-0.39, 0.29) is 17.4 Å². The second-order valence-electron chi connectivity index (χ2n) is 9.69. The summed E-state index contributed by atoms with van der Waals surface area (Å²) in [6.45, 7) is 0. The Morgan fingerprint density at radius 2 is 1.95 bits per heavy atom. The Morgan fingerprint density at radius 3 is 2.62 bits per heavy atom. The molecule has 3 atom stereocenters. The Balaban J connectivity index is 1.47. The van der Waals surface area contributed by atoms with E-state index in [9.17, 15) is 18.0 Å². The molecule has 208 valence electrons. The Bertz CT molecular complexity index is 1560. The van der Waals surface area contributed by atoms with E-state index in [0.29, 0.717) is 45.6 Å². The molecule has 1 aliphatic rings. The van der Waals surface area contributed by atoms with Crippen molar-refractivity contribution in [1.29, 1.82) is 0 Å². The fraction of sp³-hybridized carbons (Fsp3) is 0.276. The number of thiophene rings is 1. The predicted molar refractivity (Wildman–Crippen MR) is 149 cm³/mol. The van der Waals surface area contributed by atoms with E-state index in [2.05, 4.69) is 9.97 Å². The first-order valence-corrected chi connectivity index (χ1v) is 13.9. The van der Waals surface area contributed by atoms with Crippen molar-refractivity contribution in [1.82, 2.24) is 9.97 Å². The topological polar surface area (TPSA) is 98.3 Å². The Kier molecular flexibility index (Phi) is 8.11. The minimum Gasteiger partial charge on any atom is -0.480 e. The molecule has 1 aliphatic carbocycles. The highest BCUT2D eigenvalue weighted by atomic mass is 35.5. The van der Waals surface area contributed by atoms with Crippen molar-refractivity contribution in [2.24, 2.45) is 11.7 Å². The predicted octanol–water partition coefficient (Wildman–Crippen LogP) is 7.68. The minimum absolute atomic E-state index is 0.0766. The highest BCUT2D eigenvalue weighted by Gasteiger charge is 2.45. The first-order chi connectivity index (χ1) is 19.1. The number of nitrogens with two attached hydrogens (primary N) is 1. The number of allylic oxidation sites excluding steroid dienone is 2. The molecule has 2 aromatic carbocycles. The lowest BCUT2D eigenvalue weighted by molar-refractivity contribution is -0.198. The summed E-state index contributed by atoms with van der Waals surface area (Å²) in [6, 6.07) is 12.0. The fourth-order valence-electron chi connectivity index (χ4n) is 4.99. The number of ether oxygens (including phenoxy) is 1. The van der Waals surface area contributed by atoms with E-state index in [0.717, 1.165) is 17.6 Å². The molecule has 0 amide bonds. The second kappa shape index (κ2) is 11.6. The number of hydrogen-bond acceptors (Lipinski definition) is 6. The molecule has 3 unspecified atom stereocenters. The van der Waals surface area contributed by atoms with Gasteiger partial charge in [0.25, 0.3) is 0 Å². The number of fused-ring (bicyclic) bond motifs is 1. The van der Waals surface area contributed by atoms with Crippen LogP contribution in [0.15, 0.2) is 66.3 Å².